The zero-order valence-electron chi connectivity index (χ0n) is 11.8. The van der Waals surface area contributed by atoms with E-state index < -0.39 is 10.0 Å². The summed E-state index contributed by atoms with van der Waals surface area (Å²) >= 11 is 0. The van der Waals surface area contributed by atoms with Crippen LogP contribution in [0.2, 0.25) is 0 Å². The third kappa shape index (κ3) is 3.01. The summed E-state index contributed by atoms with van der Waals surface area (Å²) in [6, 6.07) is 1.83. The lowest BCUT2D eigenvalue weighted by Crippen LogP contribution is -2.33. The standard InChI is InChI=1S/C13H22N2O3S/c1-4-7-15(11-5-6-11)19(16,17)13-8-12(9-14-3)18-10(13)2/h8,11,14H,4-7,9H2,1-3H3. The van der Waals surface area contributed by atoms with Crippen LogP contribution in [0.1, 0.15) is 37.7 Å². The van der Waals surface area contributed by atoms with Crippen LogP contribution in [0.5, 0.6) is 0 Å². The fourth-order valence-corrected chi connectivity index (χ4v) is 4.21. The maximum atomic E-state index is 12.7. The normalized spacial score (nSPS) is 16.2. The first-order valence-corrected chi connectivity index (χ1v) is 8.20. The minimum absolute atomic E-state index is 0.187. The highest BCUT2D eigenvalue weighted by Crippen LogP contribution is 2.33. The van der Waals surface area contributed by atoms with Crippen molar-refractivity contribution in [3.63, 3.8) is 0 Å². The number of hydrogen-bond acceptors (Lipinski definition) is 4. The number of nitrogens with one attached hydrogen (secondary N) is 1. The molecule has 1 aromatic heterocycles. The Bertz CT molecular complexity index is 532. The molecule has 0 unspecified atom stereocenters. The molecule has 0 aromatic carbocycles. The van der Waals surface area contributed by atoms with Crippen LogP contribution in [-0.4, -0.2) is 32.4 Å². The van der Waals surface area contributed by atoms with Crippen LogP contribution < -0.4 is 5.32 Å². The Kier molecular flexibility index (Phi) is 4.32. The highest BCUT2D eigenvalue weighted by atomic mass is 32.2. The first kappa shape index (κ1) is 14.6. The van der Waals surface area contributed by atoms with E-state index in [0.717, 1.165) is 19.3 Å². The molecule has 1 heterocycles. The van der Waals surface area contributed by atoms with E-state index in [-0.39, 0.29) is 6.04 Å². The summed E-state index contributed by atoms with van der Waals surface area (Å²) in [6.07, 6.45) is 2.77. The molecule has 19 heavy (non-hydrogen) atoms. The monoisotopic (exact) mass is 286 g/mol. The van der Waals surface area contributed by atoms with E-state index in [2.05, 4.69) is 5.32 Å². The number of rotatable bonds is 7. The number of nitrogens with zero attached hydrogens (tertiary/aromatic N) is 1. The smallest absolute Gasteiger partial charge is 0.246 e. The molecule has 1 aromatic rings. The van der Waals surface area contributed by atoms with E-state index in [1.807, 2.05) is 6.92 Å². The zero-order valence-corrected chi connectivity index (χ0v) is 12.6. The van der Waals surface area contributed by atoms with Crippen LogP contribution in [0.4, 0.5) is 0 Å². The van der Waals surface area contributed by atoms with Crippen molar-refractivity contribution in [1.82, 2.24) is 9.62 Å². The van der Waals surface area contributed by atoms with Gasteiger partial charge in [-0.25, -0.2) is 8.42 Å². The molecule has 2 rings (SSSR count). The number of aryl methyl sites for hydroxylation is 1. The molecule has 0 radical (unpaired) electrons. The molecular weight excluding hydrogens is 264 g/mol. The molecule has 1 aliphatic rings. The van der Waals surface area contributed by atoms with Crippen LogP contribution in [0.15, 0.2) is 15.4 Å². The second-order valence-electron chi connectivity index (χ2n) is 5.01. The van der Waals surface area contributed by atoms with Crippen molar-refractivity contribution in [2.45, 2.75) is 50.6 Å². The van der Waals surface area contributed by atoms with E-state index in [1.165, 1.54) is 0 Å². The fraction of sp³-hybridized carbons (Fsp3) is 0.692. The summed E-state index contributed by atoms with van der Waals surface area (Å²) in [6.45, 7) is 4.83. The van der Waals surface area contributed by atoms with Gasteiger partial charge in [-0.2, -0.15) is 4.31 Å². The molecule has 0 amide bonds. The molecule has 0 atom stereocenters. The van der Waals surface area contributed by atoms with E-state index >= 15 is 0 Å². The van der Waals surface area contributed by atoms with E-state index in [9.17, 15) is 8.42 Å². The van der Waals surface area contributed by atoms with Gasteiger partial charge in [-0.05, 0) is 33.2 Å². The van der Waals surface area contributed by atoms with Crippen molar-refractivity contribution in [2.75, 3.05) is 13.6 Å². The summed E-state index contributed by atoms with van der Waals surface area (Å²) in [7, 11) is -1.61. The third-order valence-electron chi connectivity index (χ3n) is 3.26. The summed E-state index contributed by atoms with van der Waals surface area (Å²) < 4.78 is 32.5. The molecule has 6 heteroatoms. The largest absolute Gasteiger partial charge is 0.464 e. The Morgan fingerprint density at radius 2 is 2.16 bits per heavy atom. The molecule has 108 valence electrons. The van der Waals surface area contributed by atoms with Gasteiger partial charge in [-0.1, -0.05) is 6.92 Å². The quantitative estimate of drug-likeness (QED) is 0.831. The van der Waals surface area contributed by atoms with Gasteiger partial charge in [0.15, 0.2) is 0 Å². The molecule has 1 fully saturated rings. The number of hydrogen-bond donors (Lipinski definition) is 1. The highest BCUT2D eigenvalue weighted by Gasteiger charge is 2.38. The maximum Gasteiger partial charge on any atom is 0.246 e. The summed E-state index contributed by atoms with van der Waals surface area (Å²) in [5, 5.41) is 2.96. The maximum absolute atomic E-state index is 12.7. The molecule has 1 N–H and O–H groups in total. The topological polar surface area (TPSA) is 62.6 Å². The Hall–Kier alpha value is -0.850. The van der Waals surface area contributed by atoms with Gasteiger partial charge in [-0.15, -0.1) is 0 Å². The average molecular weight is 286 g/mol. The molecule has 5 nitrogen and oxygen atoms in total. The van der Waals surface area contributed by atoms with Crippen molar-refractivity contribution in [3.8, 4) is 0 Å². The lowest BCUT2D eigenvalue weighted by atomic mass is 10.4. The van der Waals surface area contributed by atoms with Gasteiger partial charge < -0.3 is 9.73 Å². The van der Waals surface area contributed by atoms with Gasteiger partial charge in [-0.3, -0.25) is 0 Å². The fourth-order valence-electron chi connectivity index (χ4n) is 2.25. The SMILES string of the molecule is CCCN(C1CC1)S(=O)(=O)c1cc(CNC)oc1C. The van der Waals surface area contributed by atoms with Gasteiger partial charge in [0, 0.05) is 18.7 Å². The zero-order chi connectivity index (χ0) is 14.0. The minimum atomic E-state index is -3.42. The van der Waals surface area contributed by atoms with Gasteiger partial charge in [0.2, 0.25) is 10.0 Å². The second kappa shape index (κ2) is 5.64. The molecule has 0 aliphatic heterocycles. The van der Waals surface area contributed by atoms with Crippen molar-refractivity contribution in [1.29, 1.82) is 0 Å². The molecule has 0 bridgehead atoms. The van der Waals surface area contributed by atoms with Crippen molar-refractivity contribution >= 4 is 10.0 Å². The van der Waals surface area contributed by atoms with Crippen LogP contribution in [-0.2, 0) is 16.6 Å². The highest BCUT2D eigenvalue weighted by molar-refractivity contribution is 7.89. The van der Waals surface area contributed by atoms with Crippen LogP contribution in [0.25, 0.3) is 0 Å². The number of sulfonamides is 1. The molecule has 1 aliphatic carbocycles. The van der Waals surface area contributed by atoms with E-state index in [4.69, 9.17) is 4.42 Å². The first-order valence-electron chi connectivity index (χ1n) is 6.76. The predicted octanol–water partition coefficient (Wildman–Crippen LogP) is 1.87. The van der Waals surface area contributed by atoms with Crippen LogP contribution >= 0.6 is 0 Å². The van der Waals surface area contributed by atoms with E-state index in [0.29, 0.717) is 29.5 Å². The summed E-state index contributed by atoms with van der Waals surface area (Å²) in [5.41, 5.74) is 0. The molecule has 0 spiro atoms. The van der Waals surface area contributed by atoms with Gasteiger partial charge in [0.05, 0.1) is 6.54 Å². The second-order valence-corrected chi connectivity index (χ2v) is 6.87. The minimum Gasteiger partial charge on any atom is -0.464 e. The Balaban J connectivity index is 2.31. The summed E-state index contributed by atoms with van der Waals surface area (Å²) in [4.78, 5) is 0.318. The lowest BCUT2D eigenvalue weighted by molar-refractivity contribution is 0.401. The van der Waals surface area contributed by atoms with Crippen molar-refractivity contribution in [3.05, 3.63) is 17.6 Å². The molecule has 0 saturated heterocycles. The number of furan rings is 1. The van der Waals surface area contributed by atoms with Crippen molar-refractivity contribution in [2.24, 2.45) is 0 Å². The summed E-state index contributed by atoms with van der Waals surface area (Å²) in [5.74, 6) is 1.14. The molecule has 1 saturated carbocycles. The van der Waals surface area contributed by atoms with Crippen LogP contribution in [0.3, 0.4) is 0 Å². The Labute approximate surface area is 115 Å². The van der Waals surface area contributed by atoms with Gasteiger partial charge in [0.1, 0.15) is 16.4 Å². The van der Waals surface area contributed by atoms with Crippen molar-refractivity contribution < 1.29 is 12.8 Å². The van der Waals surface area contributed by atoms with Gasteiger partial charge >= 0.3 is 0 Å². The first-order chi connectivity index (χ1) is 9.00. The third-order valence-corrected chi connectivity index (χ3v) is 5.32. The Morgan fingerprint density at radius 1 is 1.47 bits per heavy atom. The van der Waals surface area contributed by atoms with Crippen LogP contribution in [0, 0.1) is 6.92 Å². The van der Waals surface area contributed by atoms with Gasteiger partial charge in [0.25, 0.3) is 0 Å². The molecular formula is C13H22N2O3S. The lowest BCUT2D eigenvalue weighted by Gasteiger charge is -2.20. The average Bonchev–Trinajstić information content (AvgIpc) is 3.10. The van der Waals surface area contributed by atoms with E-state index in [1.54, 1.807) is 24.3 Å². The Morgan fingerprint density at radius 3 is 2.68 bits per heavy atom. The predicted molar refractivity (Wildman–Crippen MR) is 73.4 cm³/mol.